The van der Waals surface area contributed by atoms with E-state index in [0.717, 1.165) is 12.5 Å². The molecule has 3 unspecified atom stereocenters. The van der Waals surface area contributed by atoms with Crippen LogP contribution in [0.5, 0.6) is 0 Å². The predicted octanol–water partition coefficient (Wildman–Crippen LogP) is 0.344. The zero-order chi connectivity index (χ0) is 8.72. The lowest BCUT2D eigenvalue weighted by atomic mass is 10.1. The minimum absolute atomic E-state index is 0.141. The van der Waals surface area contributed by atoms with Crippen molar-refractivity contribution in [2.75, 3.05) is 6.54 Å². The van der Waals surface area contributed by atoms with Gasteiger partial charge in [0.2, 0.25) is 5.91 Å². The Morgan fingerprint density at radius 1 is 1.67 bits per heavy atom. The number of carbonyl (C=O) groups is 1. The molecule has 12 heavy (non-hydrogen) atoms. The number of likely N-dealkylation sites (tertiary alicyclic amines) is 1. The van der Waals surface area contributed by atoms with Crippen LogP contribution in [0, 0.1) is 5.92 Å². The maximum absolute atomic E-state index is 11.5. The van der Waals surface area contributed by atoms with E-state index in [1.807, 2.05) is 4.90 Å². The highest BCUT2D eigenvalue weighted by molar-refractivity contribution is 5.82. The molecule has 1 amide bonds. The number of nitrogens with zero attached hydrogens (tertiary/aromatic N) is 1. The second kappa shape index (κ2) is 2.73. The number of amides is 1. The van der Waals surface area contributed by atoms with Crippen molar-refractivity contribution in [3.05, 3.63) is 0 Å². The molecule has 3 atom stereocenters. The molecule has 3 nitrogen and oxygen atoms in total. The second-order valence-corrected chi connectivity index (χ2v) is 4.03. The lowest BCUT2D eigenvalue weighted by Gasteiger charge is -2.28. The molecule has 2 aliphatic rings. The lowest BCUT2D eigenvalue weighted by molar-refractivity contribution is -0.133. The van der Waals surface area contributed by atoms with Gasteiger partial charge in [0.25, 0.3) is 0 Å². The van der Waals surface area contributed by atoms with Crippen LogP contribution in [-0.4, -0.2) is 29.4 Å². The van der Waals surface area contributed by atoms with Gasteiger partial charge in [0, 0.05) is 12.6 Å². The molecule has 0 aromatic heterocycles. The van der Waals surface area contributed by atoms with E-state index in [1.54, 1.807) is 6.92 Å². The fraction of sp³-hybridized carbons (Fsp3) is 0.889. The summed E-state index contributed by atoms with van der Waals surface area (Å²) < 4.78 is 0. The van der Waals surface area contributed by atoms with Crippen LogP contribution in [0.4, 0.5) is 0 Å². The number of hydrogen-bond acceptors (Lipinski definition) is 2. The van der Waals surface area contributed by atoms with Gasteiger partial charge >= 0.3 is 0 Å². The van der Waals surface area contributed by atoms with E-state index < -0.39 is 0 Å². The van der Waals surface area contributed by atoms with Crippen molar-refractivity contribution in [2.45, 2.75) is 38.3 Å². The zero-order valence-electron chi connectivity index (χ0n) is 7.49. The molecule has 2 N–H and O–H groups in total. The van der Waals surface area contributed by atoms with Crippen molar-refractivity contribution >= 4 is 5.91 Å². The molecule has 1 heterocycles. The molecular weight excluding hydrogens is 152 g/mol. The van der Waals surface area contributed by atoms with E-state index in [9.17, 15) is 4.79 Å². The maximum Gasteiger partial charge on any atom is 0.239 e. The van der Waals surface area contributed by atoms with Crippen LogP contribution in [0.3, 0.4) is 0 Å². The second-order valence-electron chi connectivity index (χ2n) is 4.03. The van der Waals surface area contributed by atoms with Crippen molar-refractivity contribution in [3.63, 3.8) is 0 Å². The summed E-state index contributed by atoms with van der Waals surface area (Å²) in [4.78, 5) is 13.5. The standard InChI is InChI=1S/C9H16N2O/c1-6(10)9(12)11-4-2-3-7-5-8(7)11/h6-8H,2-5,10H2,1H3. The summed E-state index contributed by atoms with van der Waals surface area (Å²) >= 11 is 0. The number of fused-ring (bicyclic) bond motifs is 1. The Balaban J connectivity index is 1.99. The van der Waals surface area contributed by atoms with Gasteiger partial charge in [-0.3, -0.25) is 4.79 Å². The summed E-state index contributed by atoms with van der Waals surface area (Å²) in [5.41, 5.74) is 5.56. The number of rotatable bonds is 1. The molecule has 0 aromatic rings. The number of carbonyl (C=O) groups excluding carboxylic acids is 1. The Bertz CT molecular complexity index is 203. The molecule has 1 saturated heterocycles. The minimum atomic E-state index is -0.315. The zero-order valence-corrected chi connectivity index (χ0v) is 7.49. The summed E-state index contributed by atoms with van der Waals surface area (Å²) in [5.74, 6) is 0.948. The summed E-state index contributed by atoms with van der Waals surface area (Å²) in [6.07, 6.45) is 3.70. The van der Waals surface area contributed by atoms with E-state index in [1.165, 1.54) is 19.3 Å². The maximum atomic E-state index is 11.5. The largest absolute Gasteiger partial charge is 0.338 e. The monoisotopic (exact) mass is 168 g/mol. The Hall–Kier alpha value is -0.570. The molecule has 1 saturated carbocycles. The van der Waals surface area contributed by atoms with E-state index in [2.05, 4.69) is 0 Å². The van der Waals surface area contributed by atoms with Crippen molar-refractivity contribution in [2.24, 2.45) is 11.7 Å². The van der Waals surface area contributed by atoms with Crippen LogP contribution in [-0.2, 0) is 4.79 Å². The highest BCUT2D eigenvalue weighted by Gasteiger charge is 2.46. The van der Waals surface area contributed by atoms with Gasteiger partial charge in [-0.15, -0.1) is 0 Å². The number of nitrogens with two attached hydrogens (primary N) is 1. The fourth-order valence-electron chi connectivity index (χ4n) is 2.15. The number of hydrogen-bond donors (Lipinski definition) is 1. The van der Waals surface area contributed by atoms with E-state index in [-0.39, 0.29) is 11.9 Å². The van der Waals surface area contributed by atoms with Gasteiger partial charge in [0.15, 0.2) is 0 Å². The molecule has 0 aromatic carbocycles. The molecule has 68 valence electrons. The number of piperidine rings is 1. The first-order valence-electron chi connectivity index (χ1n) is 4.76. The molecule has 0 radical (unpaired) electrons. The fourth-order valence-corrected chi connectivity index (χ4v) is 2.15. The van der Waals surface area contributed by atoms with Crippen LogP contribution >= 0.6 is 0 Å². The molecule has 0 bridgehead atoms. The summed E-state index contributed by atoms with van der Waals surface area (Å²) in [6.45, 7) is 2.70. The van der Waals surface area contributed by atoms with Crippen molar-refractivity contribution in [1.29, 1.82) is 0 Å². The minimum Gasteiger partial charge on any atom is -0.338 e. The Morgan fingerprint density at radius 2 is 2.42 bits per heavy atom. The van der Waals surface area contributed by atoms with Gasteiger partial charge in [-0.05, 0) is 32.1 Å². The average Bonchev–Trinajstić information content (AvgIpc) is 2.80. The first-order valence-corrected chi connectivity index (χ1v) is 4.76. The Morgan fingerprint density at radius 3 is 3.08 bits per heavy atom. The van der Waals surface area contributed by atoms with Crippen molar-refractivity contribution in [1.82, 2.24) is 4.90 Å². The van der Waals surface area contributed by atoms with Crippen LogP contribution < -0.4 is 5.73 Å². The van der Waals surface area contributed by atoms with Crippen LogP contribution in [0.1, 0.15) is 26.2 Å². The predicted molar refractivity (Wildman–Crippen MR) is 46.5 cm³/mol. The molecule has 0 spiro atoms. The highest BCUT2D eigenvalue weighted by Crippen LogP contribution is 2.42. The smallest absolute Gasteiger partial charge is 0.239 e. The normalized spacial score (nSPS) is 35.7. The first kappa shape index (κ1) is 8.05. The Labute approximate surface area is 72.9 Å². The Kier molecular flexibility index (Phi) is 1.83. The molecule has 2 fully saturated rings. The van der Waals surface area contributed by atoms with Gasteiger partial charge in [-0.25, -0.2) is 0 Å². The average molecular weight is 168 g/mol. The van der Waals surface area contributed by atoms with Gasteiger partial charge in [0.05, 0.1) is 6.04 Å². The molecule has 1 aliphatic carbocycles. The quantitative estimate of drug-likeness (QED) is 0.614. The molecule has 3 heteroatoms. The van der Waals surface area contributed by atoms with E-state index in [0.29, 0.717) is 6.04 Å². The molecule has 2 rings (SSSR count). The SMILES string of the molecule is CC(N)C(=O)N1CCCC2CC21. The summed E-state index contributed by atoms with van der Waals surface area (Å²) in [6, 6.07) is 0.238. The van der Waals surface area contributed by atoms with Crippen molar-refractivity contribution in [3.8, 4) is 0 Å². The molecule has 1 aliphatic heterocycles. The van der Waals surface area contributed by atoms with Gasteiger partial charge in [-0.2, -0.15) is 0 Å². The van der Waals surface area contributed by atoms with Gasteiger partial charge in [-0.1, -0.05) is 0 Å². The summed E-state index contributed by atoms with van der Waals surface area (Å²) in [5, 5.41) is 0. The van der Waals surface area contributed by atoms with Crippen molar-refractivity contribution < 1.29 is 4.79 Å². The van der Waals surface area contributed by atoms with E-state index in [4.69, 9.17) is 5.73 Å². The first-order chi connectivity index (χ1) is 5.70. The van der Waals surface area contributed by atoms with Crippen LogP contribution in [0.2, 0.25) is 0 Å². The van der Waals surface area contributed by atoms with Crippen LogP contribution in [0.15, 0.2) is 0 Å². The van der Waals surface area contributed by atoms with Crippen LogP contribution in [0.25, 0.3) is 0 Å². The molecular formula is C9H16N2O. The third-order valence-corrected chi connectivity index (χ3v) is 2.93. The highest BCUT2D eigenvalue weighted by atomic mass is 16.2. The summed E-state index contributed by atoms with van der Waals surface area (Å²) in [7, 11) is 0. The third-order valence-electron chi connectivity index (χ3n) is 2.93. The van der Waals surface area contributed by atoms with Gasteiger partial charge < -0.3 is 10.6 Å². The lowest BCUT2D eigenvalue weighted by Crippen LogP contribution is -2.45. The topological polar surface area (TPSA) is 46.3 Å². The van der Waals surface area contributed by atoms with Gasteiger partial charge in [0.1, 0.15) is 0 Å². The van der Waals surface area contributed by atoms with E-state index >= 15 is 0 Å². The third kappa shape index (κ3) is 1.22.